The van der Waals surface area contributed by atoms with Crippen LogP contribution in [-0.2, 0) is 19.2 Å². The van der Waals surface area contributed by atoms with E-state index in [0.29, 0.717) is 6.42 Å². The van der Waals surface area contributed by atoms with Gasteiger partial charge >= 0.3 is 0 Å². The molecule has 1 N–H and O–H groups in total. The number of aliphatic hydroxyl groups excluding tert-OH is 1. The first-order valence-corrected chi connectivity index (χ1v) is 7.67. The van der Waals surface area contributed by atoms with Gasteiger partial charge in [-0.05, 0) is 6.42 Å². The molecule has 0 atom stereocenters. The first kappa shape index (κ1) is 19.6. The van der Waals surface area contributed by atoms with E-state index in [4.69, 9.17) is 5.11 Å². The minimum absolute atomic E-state index is 0.0742. The summed E-state index contributed by atoms with van der Waals surface area (Å²) in [5, 5.41) is 8.56. The van der Waals surface area contributed by atoms with Crippen LogP contribution in [0.15, 0.2) is 0 Å². The molecule has 5 nitrogen and oxygen atoms in total. The van der Waals surface area contributed by atoms with Crippen LogP contribution in [0.3, 0.4) is 0 Å². The molecule has 0 unspecified atom stereocenters. The summed E-state index contributed by atoms with van der Waals surface area (Å²) in [6, 6.07) is 0. The molecule has 0 amide bonds. The Bertz CT molecular complexity index is 360. The lowest BCUT2D eigenvalue weighted by Gasteiger charge is -2.02. The fourth-order valence-corrected chi connectivity index (χ4v) is 1.84. The number of rotatable bonds is 14. The zero-order valence-electron chi connectivity index (χ0n) is 12.9. The van der Waals surface area contributed by atoms with Gasteiger partial charge in [0.15, 0.2) is 0 Å². The molecule has 0 aromatic heterocycles. The second-order valence-corrected chi connectivity index (χ2v) is 5.23. The Kier molecular flexibility index (Phi) is 11.6. The molecule has 21 heavy (non-hydrogen) atoms. The molecule has 5 heteroatoms. The zero-order chi connectivity index (χ0) is 16.1. The Morgan fingerprint density at radius 2 is 0.952 bits per heavy atom. The Morgan fingerprint density at radius 3 is 1.29 bits per heavy atom. The van der Waals surface area contributed by atoms with E-state index in [2.05, 4.69) is 0 Å². The van der Waals surface area contributed by atoms with Crippen LogP contribution in [0.5, 0.6) is 0 Å². The number of carbonyl (C=O) groups is 4. The van der Waals surface area contributed by atoms with Gasteiger partial charge in [-0.15, -0.1) is 0 Å². The normalized spacial score (nSPS) is 10.4. The maximum absolute atomic E-state index is 11.6. The molecule has 120 valence electrons. The monoisotopic (exact) mass is 298 g/mol. The van der Waals surface area contributed by atoms with Crippen molar-refractivity contribution in [2.75, 3.05) is 6.61 Å². The van der Waals surface area contributed by atoms with Gasteiger partial charge in [0.25, 0.3) is 0 Å². The summed E-state index contributed by atoms with van der Waals surface area (Å²) in [4.78, 5) is 45.6. The molecular formula is C16H26O5. The molecule has 0 rings (SSSR count). The van der Waals surface area contributed by atoms with Gasteiger partial charge in [-0.25, -0.2) is 0 Å². The third-order valence-electron chi connectivity index (χ3n) is 3.25. The van der Waals surface area contributed by atoms with Crippen molar-refractivity contribution < 1.29 is 24.3 Å². The van der Waals surface area contributed by atoms with Crippen LogP contribution >= 0.6 is 0 Å². The zero-order valence-corrected chi connectivity index (χ0v) is 12.9. The van der Waals surface area contributed by atoms with E-state index >= 15 is 0 Å². The average molecular weight is 298 g/mol. The lowest BCUT2D eigenvalue weighted by atomic mass is 10.0. The minimum atomic E-state index is -0.197. The number of aliphatic hydroxyl groups is 1. The minimum Gasteiger partial charge on any atom is -0.396 e. The van der Waals surface area contributed by atoms with Crippen LogP contribution in [0.25, 0.3) is 0 Å². The summed E-state index contributed by atoms with van der Waals surface area (Å²) in [7, 11) is 0. The van der Waals surface area contributed by atoms with Crippen LogP contribution in [-0.4, -0.2) is 34.8 Å². The molecular weight excluding hydrogens is 272 g/mol. The molecule has 0 aromatic carbocycles. The van der Waals surface area contributed by atoms with Gasteiger partial charge in [0.2, 0.25) is 0 Å². The summed E-state index contributed by atoms with van der Waals surface area (Å²) in [5.74, 6) is -0.230. The van der Waals surface area contributed by atoms with Crippen molar-refractivity contribution in [3.05, 3.63) is 0 Å². The van der Waals surface area contributed by atoms with Crippen molar-refractivity contribution in [1.29, 1.82) is 0 Å². The van der Waals surface area contributed by atoms with E-state index in [1.54, 1.807) is 0 Å². The molecule has 0 heterocycles. The van der Waals surface area contributed by atoms with Crippen LogP contribution in [0, 0.1) is 0 Å². The number of carbonyl (C=O) groups excluding carboxylic acids is 4. The fourth-order valence-electron chi connectivity index (χ4n) is 1.84. The molecule has 0 spiro atoms. The summed E-state index contributed by atoms with van der Waals surface area (Å²) in [5.41, 5.74) is 0. The first-order valence-electron chi connectivity index (χ1n) is 7.67. The lowest BCUT2D eigenvalue weighted by Crippen LogP contribution is -2.09. The Labute approximate surface area is 126 Å². The van der Waals surface area contributed by atoms with E-state index in [0.717, 1.165) is 12.8 Å². The fraction of sp³-hybridized carbons (Fsp3) is 0.750. The lowest BCUT2D eigenvalue weighted by molar-refractivity contribution is -0.127. The van der Waals surface area contributed by atoms with Gasteiger partial charge in [0, 0.05) is 58.0 Å². The molecule has 0 bridgehead atoms. The van der Waals surface area contributed by atoms with E-state index in [9.17, 15) is 19.2 Å². The van der Waals surface area contributed by atoms with Crippen molar-refractivity contribution >= 4 is 23.1 Å². The van der Waals surface area contributed by atoms with Crippen LogP contribution < -0.4 is 0 Å². The summed E-state index contributed by atoms with van der Waals surface area (Å²) < 4.78 is 0. The molecule has 0 saturated carbocycles. The largest absolute Gasteiger partial charge is 0.396 e. The Morgan fingerprint density at radius 1 is 0.619 bits per heavy atom. The van der Waals surface area contributed by atoms with E-state index < -0.39 is 0 Å². The maximum Gasteiger partial charge on any atom is 0.135 e. The van der Waals surface area contributed by atoms with Crippen LogP contribution in [0.2, 0.25) is 0 Å². The van der Waals surface area contributed by atoms with Crippen molar-refractivity contribution in [2.24, 2.45) is 0 Å². The third kappa shape index (κ3) is 12.1. The molecule has 0 aliphatic rings. The predicted molar refractivity (Wildman–Crippen MR) is 79.0 cm³/mol. The third-order valence-corrected chi connectivity index (χ3v) is 3.25. The average Bonchev–Trinajstić information content (AvgIpc) is 2.46. The first-order chi connectivity index (χ1) is 9.99. The number of hydrogen-bond donors (Lipinski definition) is 1. The van der Waals surface area contributed by atoms with Crippen molar-refractivity contribution in [2.45, 2.75) is 71.1 Å². The van der Waals surface area contributed by atoms with Gasteiger partial charge in [-0.3, -0.25) is 19.2 Å². The number of Topliss-reactive ketones (excluding diaryl/α,β-unsaturated/α-hetero) is 4. The number of ketones is 4. The van der Waals surface area contributed by atoms with Crippen molar-refractivity contribution in [1.82, 2.24) is 0 Å². The van der Waals surface area contributed by atoms with Gasteiger partial charge in [0.05, 0.1) is 0 Å². The second kappa shape index (κ2) is 12.4. The Balaban J connectivity index is 3.70. The molecule has 0 saturated heterocycles. The van der Waals surface area contributed by atoms with E-state index in [-0.39, 0.29) is 74.7 Å². The highest BCUT2D eigenvalue weighted by atomic mass is 16.3. The topological polar surface area (TPSA) is 88.5 Å². The molecule has 0 aromatic rings. The van der Waals surface area contributed by atoms with Gasteiger partial charge in [-0.2, -0.15) is 0 Å². The number of hydrogen-bond acceptors (Lipinski definition) is 5. The Hall–Kier alpha value is -1.36. The number of unbranched alkanes of at least 4 members (excludes halogenated alkanes) is 1. The quantitative estimate of drug-likeness (QED) is 0.531. The van der Waals surface area contributed by atoms with Crippen molar-refractivity contribution in [3.8, 4) is 0 Å². The maximum atomic E-state index is 11.6. The standard InChI is InChI=1S/C16H26O5/c1-2-3-4-13(18)5-6-14(19)7-8-15(20)9-10-16(21)11-12-17/h17H,2-12H2,1H3. The smallest absolute Gasteiger partial charge is 0.135 e. The highest BCUT2D eigenvalue weighted by Crippen LogP contribution is 2.07. The molecule has 0 radical (unpaired) electrons. The summed E-state index contributed by atoms with van der Waals surface area (Å²) in [6.45, 7) is 1.81. The van der Waals surface area contributed by atoms with Gasteiger partial charge in [0.1, 0.15) is 23.1 Å². The molecule has 0 fully saturated rings. The van der Waals surface area contributed by atoms with E-state index in [1.165, 1.54) is 0 Å². The highest BCUT2D eigenvalue weighted by molar-refractivity contribution is 5.90. The molecule has 0 aliphatic carbocycles. The predicted octanol–water partition coefficient (Wildman–Crippen LogP) is 2.18. The highest BCUT2D eigenvalue weighted by Gasteiger charge is 2.11. The van der Waals surface area contributed by atoms with Crippen LogP contribution in [0.1, 0.15) is 71.1 Å². The summed E-state index contributed by atoms with van der Waals surface area (Å²) >= 11 is 0. The second-order valence-electron chi connectivity index (χ2n) is 5.23. The van der Waals surface area contributed by atoms with Crippen LogP contribution in [0.4, 0.5) is 0 Å². The van der Waals surface area contributed by atoms with Gasteiger partial charge < -0.3 is 5.11 Å². The van der Waals surface area contributed by atoms with Gasteiger partial charge in [-0.1, -0.05) is 13.3 Å². The van der Waals surface area contributed by atoms with Crippen molar-refractivity contribution in [3.63, 3.8) is 0 Å². The summed E-state index contributed by atoms with van der Waals surface area (Å²) in [6.07, 6.45) is 3.42. The molecule has 0 aliphatic heterocycles. The SMILES string of the molecule is CCCCC(=O)CCC(=O)CCC(=O)CCC(=O)CCO. The van der Waals surface area contributed by atoms with E-state index in [1.807, 2.05) is 6.92 Å².